The highest BCUT2D eigenvalue weighted by atomic mass is 35.5. The molecule has 0 aromatic heterocycles. The van der Waals surface area contributed by atoms with E-state index in [1.165, 1.54) is 36.4 Å². The number of aryl methyl sites for hydroxylation is 1. The van der Waals surface area contributed by atoms with Crippen LogP contribution in [-0.2, 0) is 21.3 Å². The lowest BCUT2D eigenvalue weighted by Gasteiger charge is -2.32. The molecule has 3 rings (SSSR count). The van der Waals surface area contributed by atoms with Crippen LogP contribution in [0.1, 0.15) is 34.3 Å². The molecule has 0 aliphatic carbocycles. The molecule has 0 atom stereocenters. The highest BCUT2D eigenvalue weighted by molar-refractivity contribution is 7.89. The van der Waals surface area contributed by atoms with Gasteiger partial charge in [-0.15, -0.1) is 0 Å². The molecule has 0 spiro atoms. The number of halogens is 1. The largest absolute Gasteiger partial charge is 0.465 e. The van der Waals surface area contributed by atoms with E-state index in [1.807, 2.05) is 0 Å². The number of likely N-dealkylation sites (tertiary alicyclic amines) is 1. The van der Waals surface area contributed by atoms with Gasteiger partial charge in [-0.05, 0) is 43.5 Å². The minimum atomic E-state index is -3.77. The fourth-order valence-electron chi connectivity index (χ4n) is 3.52. The third-order valence-electron chi connectivity index (χ3n) is 5.04. The lowest BCUT2D eigenvalue weighted by molar-refractivity contribution is 0.0600. The molecule has 29 heavy (non-hydrogen) atoms. The highest BCUT2D eigenvalue weighted by Gasteiger charge is 2.26. The van der Waals surface area contributed by atoms with Gasteiger partial charge in [0.2, 0.25) is 10.0 Å². The smallest absolute Gasteiger partial charge is 0.337 e. The van der Waals surface area contributed by atoms with E-state index in [1.54, 1.807) is 0 Å². The number of benzene rings is 2. The van der Waals surface area contributed by atoms with Crippen molar-refractivity contribution in [3.05, 3.63) is 64.2 Å². The average Bonchev–Trinajstić information content (AvgIpc) is 2.68. The summed E-state index contributed by atoms with van der Waals surface area (Å²) in [7, 11) is -2.52. The average molecular weight is 437 g/mol. The summed E-state index contributed by atoms with van der Waals surface area (Å²) < 4.78 is 32.9. The minimum Gasteiger partial charge on any atom is -0.465 e. The molecule has 0 radical (unpaired) electrons. The number of piperidine rings is 1. The molecular weight excluding hydrogens is 412 g/mol. The second-order valence-corrected chi connectivity index (χ2v) is 9.39. The van der Waals surface area contributed by atoms with Crippen LogP contribution >= 0.6 is 11.6 Å². The third-order valence-corrected chi connectivity index (χ3v) is 7.04. The summed E-state index contributed by atoms with van der Waals surface area (Å²) in [4.78, 5) is 13.9. The Morgan fingerprint density at radius 1 is 1.21 bits per heavy atom. The highest BCUT2D eigenvalue weighted by Crippen LogP contribution is 2.24. The zero-order valence-corrected chi connectivity index (χ0v) is 18.1. The number of nitrogens with zero attached hydrogens (tertiary/aromatic N) is 1. The first-order valence-corrected chi connectivity index (χ1v) is 11.3. The van der Waals surface area contributed by atoms with Crippen molar-refractivity contribution in [2.45, 2.75) is 37.2 Å². The fraction of sp³-hybridized carbons (Fsp3) is 0.381. The number of esters is 1. The van der Waals surface area contributed by atoms with Crippen LogP contribution in [0.25, 0.3) is 0 Å². The molecule has 0 saturated carbocycles. The van der Waals surface area contributed by atoms with Gasteiger partial charge in [-0.25, -0.2) is 17.9 Å². The molecule has 2 aromatic rings. The fourth-order valence-corrected chi connectivity index (χ4v) is 5.37. The van der Waals surface area contributed by atoms with Gasteiger partial charge in [0.25, 0.3) is 0 Å². The van der Waals surface area contributed by atoms with Gasteiger partial charge in [0.1, 0.15) is 4.90 Å². The van der Waals surface area contributed by atoms with Gasteiger partial charge in [0.05, 0.1) is 17.7 Å². The van der Waals surface area contributed by atoms with Gasteiger partial charge >= 0.3 is 5.97 Å². The molecule has 0 bridgehead atoms. The second kappa shape index (κ2) is 9.26. The number of rotatable bonds is 6. The molecule has 1 saturated heterocycles. The third kappa shape index (κ3) is 5.57. The van der Waals surface area contributed by atoms with Crippen LogP contribution in [0.15, 0.2) is 47.4 Å². The minimum absolute atomic E-state index is 0.00252. The van der Waals surface area contributed by atoms with Crippen LogP contribution in [0.4, 0.5) is 0 Å². The maximum Gasteiger partial charge on any atom is 0.337 e. The van der Waals surface area contributed by atoms with Gasteiger partial charge in [-0.1, -0.05) is 41.4 Å². The van der Waals surface area contributed by atoms with E-state index >= 15 is 0 Å². The van der Waals surface area contributed by atoms with E-state index in [-0.39, 0.29) is 21.5 Å². The number of methoxy groups -OCH3 is 1. The summed E-state index contributed by atoms with van der Waals surface area (Å²) in [6.07, 6.45) is 1.45. The predicted molar refractivity (Wildman–Crippen MR) is 113 cm³/mol. The molecule has 1 aliphatic heterocycles. The van der Waals surface area contributed by atoms with Gasteiger partial charge in [0, 0.05) is 25.7 Å². The van der Waals surface area contributed by atoms with Crippen molar-refractivity contribution >= 4 is 27.6 Å². The predicted octanol–water partition coefficient (Wildman–Crippen LogP) is 3.38. The van der Waals surface area contributed by atoms with Gasteiger partial charge in [-0.2, -0.15) is 0 Å². The monoisotopic (exact) mass is 436 g/mol. The zero-order chi connectivity index (χ0) is 21.0. The zero-order valence-electron chi connectivity index (χ0n) is 16.5. The lowest BCUT2D eigenvalue weighted by atomic mass is 10.0. The van der Waals surface area contributed by atoms with Crippen molar-refractivity contribution in [1.29, 1.82) is 0 Å². The van der Waals surface area contributed by atoms with Crippen molar-refractivity contribution in [2.75, 3.05) is 20.2 Å². The Labute approximate surface area is 176 Å². The van der Waals surface area contributed by atoms with Crippen molar-refractivity contribution in [3.63, 3.8) is 0 Å². The molecular formula is C21H25ClN2O4S. The summed E-state index contributed by atoms with van der Waals surface area (Å²) in [5.41, 5.74) is 2.71. The standard InChI is InChI=1S/C21H25ClN2O4S/c1-15-4-3-5-16(12-15)14-24-10-8-18(9-11-24)23-29(26,27)20-7-6-17(13-19(20)22)21(25)28-2/h3-7,12-13,18,23H,8-11,14H2,1-2H3. The number of hydrogen-bond acceptors (Lipinski definition) is 5. The quantitative estimate of drug-likeness (QED) is 0.702. The van der Waals surface area contributed by atoms with Crippen LogP contribution in [0.3, 0.4) is 0 Å². The van der Waals surface area contributed by atoms with E-state index < -0.39 is 16.0 Å². The summed E-state index contributed by atoms with van der Waals surface area (Å²) in [5, 5.41) is -0.00252. The molecule has 156 valence electrons. The summed E-state index contributed by atoms with van der Waals surface area (Å²) >= 11 is 6.12. The van der Waals surface area contributed by atoms with Crippen molar-refractivity contribution in [2.24, 2.45) is 0 Å². The van der Waals surface area contributed by atoms with Crippen LogP contribution in [-0.4, -0.2) is 45.5 Å². The Hall–Kier alpha value is -1.93. The number of carbonyl (C=O) groups excluding carboxylic acids is 1. The summed E-state index contributed by atoms with van der Waals surface area (Å²) in [5.74, 6) is -0.565. The van der Waals surface area contributed by atoms with Gasteiger partial charge in [-0.3, -0.25) is 4.90 Å². The Balaban J connectivity index is 1.60. The van der Waals surface area contributed by atoms with Crippen LogP contribution in [0, 0.1) is 6.92 Å². The first kappa shape index (κ1) is 21.8. The topological polar surface area (TPSA) is 75.7 Å². The maximum absolute atomic E-state index is 12.8. The van der Waals surface area contributed by atoms with E-state index in [2.05, 4.69) is 45.5 Å². The summed E-state index contributed by atoms with van der Waals surface area (Å²) in [6.45, 7) is 4.57. The summed E-state index contributed by atoms with van der Waals surface area (Å²) in [6, 6.07) is 12.3. The molecule has 8 heteroatoms. The van der Waals surface area contributed by atoms with Gasteiger partial charge < -0.3 is 4.74 Å². The normalized spacial score (nSPS) is 16.0. The van der Waals surface area contributed by atoms with E-state index in [4.69, 9.17) is 11.6 Å². The molecule has 1 fully saturated rings. The Morgan fingerprint density at radius 2 is 1.93 bits per heavy atom. The van der Waals surface area contributed by atoms with Crippen LogP contribution in [0.2, 0.25) is 5.02 Å². The number of nitrogens with one attached hydrogen (secondary N) is 1. The number of carbonyl (C=O) groups is 1. The molecule has 2 aromatic carbocycles. The number of ether oxygens (including phenoxy) is 1. The molecule has 1 heterocycles. The Bertz CT molecular complexity index is 986. The molecule has 0 unspecified atom stereocenters. The van der Waals surface area contributed by atoms with E-state index in [0.29, 0.717) is 0 Å². The molecule has 1 aliphatic rings. The van der Waals surface area contributed by atoms with Crippen molar-refractivity contribution in [3.8, 4) is 0 Å². The molecule has 6 nitrogen and oxygen atoms in total. The molecule has 1 N–H and O–H groups in total. The van der Waals surface area contributed by atoms with Crippen molar-refractivity contribution < 1.29 is 17.9 Å². The van der Waals surface area contributed by atoms with E-state index in [0.717, 1.165) is 32.5 Å². The van der Waals surface area contributed by atoms with Crippen LogP contribution < -0.4 is 4.72 Å². The number of sulfonamides is 1. The van der Waals surface area contributed by atoms with E-state index in [9.17, 15) is 13.2 Å². The molecule has 0 amide bonds. The Morgan fingerprint density at radius 3 is 2.55 bits per heavy atom. The van der Waals surface area contributed by atoms with Gasteiger partial charge in [0.15, 0.2) is 0 Å². The maximum atomic E-state index is 12.8. The van der Waals surface area contributed by atoms with Crippen molar-refractivity contribution in [1.82, 2.24) is 9.62 Å². The Kier molecular flexibility index (Phi) is 6.95. The van der Waals surface area contributed by atoms with Crippen LogP contribution in [0.5, 0.6) is 0 Å². The second-order valence-electron chi connectivity index (χ2n) is 7.30. The SMILES string of the molecule is COC(=O)c1ccc(S(=O)(=O)NC2CCN(Cc3cccc(C)c3)CC2)c(Cl)c1. The number of hydrogen-bond donors (Lipinski definition) is 1. The first-order valence-electron chi connectivity index (χ1n) is 9.46. The first-order chi connectivity index (χ1) is 13.8. The lowest BCUT2D eigenvalue weighted by Crippen LogP contribution is -2.44.